The molecule has 0 aliphatic carbocycles. The number of fused-ring (bicyclic) bond motifs is 2. The number of piperidine rings is 1. The molecule has 4 aromatic rings. The molecule has 1 fully saturated rings. The van der Waals surface area contributed by atoms with E-state index in [2.05, 4.69) is 63.8 Å². The number of thiazole rings is 1. The maximum absolute atomic E-state index is 6.02. The quantitative estimate of drug-likeness (QED) is 0.381. The molecule has 1 N–H and O–H groups in total. The molecule has 6 heteroatoms. The molecule has 2 aromatic heterocycles. The number of rotatable bonds is 5. The molecule has 6 rings (SSSR count). The average molecular weight is 444 g/mol. The topological polar surface area (TPSA) is 50.5 Å². The molecule has 0 spiro atoms. The summed E-state index contributed by atoms with van der Waals surface area (Å²) in [6.45, 7) is 3.96. The van der Waals surface area contributed by atoms with Crippen molar-refractivity contribution < 1.29 is 9.15 Å². The van der Waals surface area contributed by atoms with Crippen molar-refractivity contribution in [1.29, 1.82) is 0 Å². The molecule has 32 heavy (non-hydrogen) atoms. The number of nitrogens with one attached hydrogen (secondary N) is 1. The number of ether oxygens (including phenoxy) is 1. The van der Waals surface area contributed by atoms with Crippen molar-refractivity contribution in [3.63, 3.8) is 0 Å². The molecule has 0 unspecified atom stereocenters. The van der Waals surface area contributed by atoms with E-state index in [1.165, 1.54) is 24.0 Å². The third-order valence-corrected chi connectivity index (χ3v) is 7.27. The molecule has 0 amide bonds. The molecule has 162 valence electrons. The lowest BCUT2D eigenvalue weighted by Crippen LogP contribution is -2.32. The fourth-order valence-corrected chi connectivity index (χ4v) is 5.50. The fourth-order valence-electron chi connectivity index (χ4n) is 4.66. The number of nitrogens with zero attached hydrogens (tertiary/aromatic N) is 2. The number of anilines is 1. The number of aromatic nitrogens is 1. The smallest absolute Gasteiger partial charge is 0.281 e. The van der Waals surface area contributed by atoms with Crippen molar-refractivity contribution in [3.05, 3.63) is 76.9 Å². The van der Waals surface area contributed by atoms with E-state index in [0.717, 1.165) is 53.6 Å². The molecule has 2 aromatic carbocycles. The summed E-state index contributed by atoms with van der Waals surface area (Å²) < 4.78 is 11.9. The van der Waals surface area contributed by atoms with Crippen molar-refractivity contribution in [2.45, 2.75) is 25.3 Å². The largest absolute Gasteiger partial charge is 0.464 e. The summed E-state index contributed by atoms with van der Waals surface area (Å²) in [6, 6.07) is 17.0. The Hall–Kier alpha value is -3.09. The van der Waals surface area contributed by atoms with E-state index in [4.69, 9.17) is 9.15 Å². The second kappa shape index (κ2) is 8.45. The third kappa shape index (κ3) is 3.92. The Balaban J connectivity index is 1.12. The van der Waals surface area contributed by atoms with Gasteiger partial charge in [0, 0.05) is 30.1 Å². The van der Waals surface area contributed by atoms with Gasteiger partial charge in [-0.1, -0.05) is 47.7 Å². The van der Waals surface area contributed by atoms with Crippen LogP contribution in [0.3, 0.4) is 0 Å². The lowest BCUT2D eigenvalue weighted by Gasteiger charge is -2.32. The van der Waals surface area contributed by atoms with E-state index in [9.17, 15) is 0 Å². The van der Waals surface area contributed by atoms with Crippen molar-refractivity contribution in [1.82, 2.24) is 9.88 Å². The highest BCUT2D eigenvalue weighted by Crippen LogP contribution is 2.36. The SMILES string of the molecule is C1=Cc2sc(Oc3ccc4c(CN5CCC(c6ccccc6)CC5)coc4c3)nc2NC1. The molecule has 0 radical (unpaired) electrons. The van der Waals surface area contributed by atoms with E-state index in [-0.39, 0.29) is 0 Å². The van der Waals surface area contributed by atoms with Crippen LogP contribution >= 0.6 is 11.3 Å². The molecule has 5 nitrogen and oxygen atoms in total. The highest BCUT2D eigenvalue weighted by Gasteiger charge is 2.21. The van der Waals surface area contributed by atoms with Crippen molar-refractivity contribution in [3.8, 4) is 10.9 Å². The monoisotopic (exact) mass is 443 g/mol. The summed E-state index contributed by atoms with van der Waals surface area (Å²) in [5.74, 6) is 2.32. The summed E-state index contributed by atoms with van der Waals surface area (Å²) in [5.41, 5.74) is 3.57. The van der Waals surface area contributed by atoms with Crippen LogP contribution in [0.25, 0.3) is 17.0 Å². The summed E-state index contributed by atoms with van der Waals surface area (Å²) in [6.07, 6.45) is 8.49. The zero-order valence-corrected chi connectivity index (χ0v) is 18.6. The van der Waals surface area contributed by atoms with Crippen molar-refractivity contribution in [2.24, 2.45) is 0 Å². The van der Waals surface area contributed by atoms with Crippen LogP contribution in [0.1, 0.15) is 34.8 Å². The normalized spacial score (nSPS) is 16.8. The van der Waals surface area contributed by atoms with Gasteiger partial charge in [-0.25, -0.2) is 0 Å². The lowest BCUT2D eigenvalue weighted by atomic mass is 9.89. The van der Waals surface area contributed by atoms with Gasteiger partial charge in [0.15, 0.2) is 0 Å². The van der Waals surface area contributed by atoms with Gasteiger partial charge in [-0.2, -0.15) is 4.98 Å². The minimum atomic E-state index is 0.640. The van der Waals surface area contributed by atoms with E-state index < -0.39 is 0 Å². The molecule has 4 heterocycles. The summed E-state index contributed by atoms with van der Waals surface area (Å²) in [7, 11) is 0. The van der Waals surface area contributed by atoms with Gasteiger partial charge in [0.05, 0.1) is 11.1 Å². The zero-order chi connectivity index (χ0) is 21.3. The minimum absolute atomic E-state index is 0.640. The predicted octanol–water partition coefficient (Wildman–Crippen LogP) is 6.50. The molecule has 0 bridgehead atoms. The summed E-state index contributed by atoms with van der Waals surface area (Å²) in [5, 5.41) is 5.06. The molecule has 0 saturated carbocycles. The molecule has 1 saturated heterocycles. The van der Waals surface area contributed by atoms with Gasteiger partial charge in [0.25, 0.3) is 5.19 Å². The van der Waals surface area contributed by atoms with Crippen LogP contribution in [-0.2, 0) is 6.54 Å². The second-order valence-electron chi connectivity index (χ2n) is 8.46. The van der Waals surface area contributed by atoms with E-state index in [0.29, 0.717) is 11.1 Å². The Morgan fingerprint density at radius 1 is 1.12 bits per heavy atom. The maximum Gasteiger partial charge on any atom is 0.281 e. The summed E-state index contributed by atoms with van der Waals surface area (Å²) in [4.78, 5) is 8.17. The number of hydrogen-bond acceptors (Lipinski definition) is 6. The average Bonchev–Trinajstić information content (AvgIpc) is 3.43. The fraction of sp³-hybridized carbons (Fsp3) is 0.269. The van der Waals surface area contributed by atoms with Crippen LogP contribution in [0.15, 0.2) is 65.3 Å². The first-order valence-electron chi connectivity index (χ1n) is 11.2. The van der Waals surface area contributed by atoms with Gasteiger partial charge in [-0.05, 0) is 55.6 Å². The lowest BCUT2D eigenvalue weighted by molar-refractivity contribution is 0.205. The number of likely N-dealkylation sites (tertiary alicyclic amines) is 1. The van der Waals surface area contributed by atoms with Gasteiger partial charge in [-0.3, -0.25) is 4.90 Å². The first kappa shape index (κ1) is 19.6. The van der Waals surface area contributed by atoms with Crippen LogP contribution < -0.4 is 10.1 Å². The van der Waals surface area contributed by atoms with Gasteiger partial charge >= 0.3 is 0 Å². The third-order valence-electron chi connectivity index (χ3n) is 6.38. The van der Waals surface area contributed by atoms with Crippen molar-refractivity contribution >= 4 is 34.2 Å². The molecule has 0 atom stereocenters. The predicted molar refractivity (Wildman–Crippen MR) is 130 cm³/mol. The molecule has 2 aliphatic heterocycles. The molecular formula is C26H25N3O2S. The van der Waals surface area contributed by atoms with Crippen LogP contribution in [0.2, 0.25) is 0 Å². The first-order chi connectivity index (χ1) is 15.8. The van der Waals surface area contributed by atoms with Crippen LogP contribution in [0.5, 0.6) is 10.9 Å². The van der Waals surface area contributed by atoms with Crippen LogP contribution in [0, 0.1) is 0 Å². The Labute approximate surface area is 191 Å². The molecule has 2 aliphatic rings. The van der Waals surface area contributed by atoms with Gasteiger partial charge in [0.1, 0.15) is 17.2 Å². The minimum Gasteiger partial charge on any atom is -0.464 e. The Morgan fingerprint density at radius 2 is 2.00 bits per heavy atom. The standard InChI is InChI=1S/C26H25N3O2S/c1-2-5-18(6-3-1)19-10-13-29(14-11-19)16-20-17-30-23-15-21(8-9-22(20)23)31-26-28-25-24(32-26)7-4-12-27-25/h1-9,15,17,19,27H,10-14,16H2. The molecular weight excluding hydrogens is 418 g/mol. The van der Waals surface area contributed by atoms with E-state index >= 15 is 0 Å². The van der Waals surface area contributed by atoms with E-state index in [1.54, 1.807) is 11.3 Å². The Bertz CT molecular complexity index is 1250. The van der Waals surface area contributed by atoms with Gasteiger partial charge < -0.3 is 14.5 Å². The maximum atomic E-state index is 6.02. The number of benzene rings is 2. The highest BCUT2D eigenvalue weighted by molar-refractivity contribution is 7.14. The Kier molecular flexibility index (Phi) is 5.17. The van der Waals surface area contributed by atoms with E-state index in [1.807, 2.05) is 18.4 Å². The first-order valence-corrected chi connectivity index (χ1v) is 12.0. The van der Waals surface area contributed by atoms with Gasteiger partial charge in [-0.15, -0.1) is 0 Å². The Morgan fingerprint density at radius 3 is 2.84 bits per heavy atom. The van der Waals surface area contributed by atoms with Crippen LogP contribution in [0.4, 0.5) is 5.82 Å². The highest BCUT2D eigenvalue weighted by atomic mass is 32.1. The van der Waals surface area contributed by atoms with Crippen LogP contribution in [-0.4, -0.2) is 29.5 Å². The second-order valence-corrected chi connectivity index (χ2v) is 9.45. The number of hydrogen-bond donors (Lipinski definition) is 1. The summed E-state index contributed by atoms with van der Waals surface area (Å²) >= 11 is 1.54. The van der Waals surface area contributed by atoms with Gasteiger partial charge in [0.2, 0.25) is 0 Å². The van der Waals surface area contributed by atoms with Crippen molar-refractivity contribution in [2.75, 3.05) is 25.0 Å². The number of furan rings is 1. The zero-order valence-electron chi connectivity index (χ0n) is 17.8.